The molecule has 6 nitrogen and oxygen atoms in total. The van der Waals surface area contributed by atoms with E-state index < -0.39 is 11.7 Å². The van der Waals surface area contributed by atoms with E-state index in [4.69, 9.17) is 21.1 Å². The van der Waals surface area contributed by atoms with Crippen molar-refractivity contribution in [1.82, 2.24) is 14.5 Å². The Bertz CT molecular complexity index is 1070. The normalized spacial score (nSPS) is 11.2. The molecule has 7 heteroatoms. The minimum absolute atomic E-state index is 0.0572. The Morgan fingerprint density at radius 1 is 1.20 bits per heavy atom. The van der Waals surface area contributed by atoms with Crippen molar-refractivity contribution < 1.29 is 14.3 Å². The van der Waals surface area contributed by atoms with Crippen LogP contribution in [0.1, 0.15) is 38.8 Å². The molecule has 0 saturated heterocycles. The monoisotopic (exact) mass is 425 g/mol. The summed E-state index contributed by atoms with van der Waals surface area (Å²) in [7, 11) is 0. The highest BCUT2D eigenvalue weighted by Gasteiger charge is 2.22. The highest BCUT2D eigenvalue weighted by atomic mass is 35.5. The lowest BCUT2D eigenvalue weighted by Crippen LogP contribution is -2.27. The van der Waals surface area contributed by atoms with Gasteiger partial charge in [0.2, 0.25) is 11.2 Å². The van der Waals surface area contributed by atoms with Gasteiger partial charge in [-0.3, -0.25) is 4.57 Å². The standard InChI is InChI=1S/C23H24ClN3O3/c1-15(2)17-10-8-16(9-11-17)14-29-20-18(13-25-21(24)26-20)19-7-6-12-27(19)22(28)30-23(3,4)5/h6-13H,1,14H2,2-5H3. The van der Waals surface area contributed by atoms with Gasteiger partial charge in [0.25, 0.3) is 0 Å². The van der Waals surface area contributed by atoms with Gasteiger partial charge in [0.05, 0.1) is 11.3 Å². The van der Waals surface area contributed by atoms with Crippen LogP contribution in [0.2, 0.25) is 5.28 Å². The van der Waals surface area contributed by atoms with Crippen molar-refractivity contribution in [2.24, 2.45) is 0 Å². The molecule has 0 radical (unpaired) electrons. The highest BCUT2D eigenvalue weighted by molar-refractivity contribution is 6.28. The molecule has 1 aromatic carbocycles. The summed E-state index contributed by atoms with van der Waals surface area (Å²) >= 11 is 5.99. The van der Waals surface area contributed by atoms with E-state index in [0.29, 0.717) is 11.3 Å². The van der Waals surface area contributed by atoms with Gasteiger partial charge in [0.15, 0.2) is 0 Å². The molecule has 0 aliphatic carbocycles. The number of hydrogen-bond acceptors (Lipinski definition) is 5. The third kappa shape index (κ3) is 5.27. The number of carbonyl (C=O) groups excluding carboxylic acids is 1. The number of hydrogen-bond donors (Lipinski definition) is 0. The smallest absolute Gasteiger partial charge is 0.418 e. The van der Waals surface area contributed by atoms with Crippen LogP contribution in [0.5, 0.6) is 5.88 Å². The second-order valence-electron chi connectivity index (χ2n) is 7.87. The van der Waals surface area contributed by atoms with Crippen molar-refractivity contribution in [3.05, 3.63) is 71.8 Å². The summed E-state index contributed by atoms with van der Waals surface area (Å²) in [5, 5.41) is 0.0572. The number of aromatic nitrogens is 3. The predicted octanol–water partition coefficient (Wildman–Crippen LogP) is 5.99. The molecule has 0 atom stereocenters. The Morgan fingerprint density at radius 2 is 1.90 bits per heavy atom. The van der Waals surface area contributed by atoms with E-state index >= 15 is 0 Å². The molecule has 0 aliphatic heterocycles. The van der Waals surface area contributed by atoms with Gasteiger partial charge >= 0.3 is 6.09 Å². The zero-order valence-electron chi connectivity index (χ0n) is 17.5. The molecule has 0 fully saturated rings. The van der Waals surface area contributed by atoms with Crippen molar-refractivity contribution in [1.29, 1.82) is 0 Å². The van der Waals surface area contributed by atoms with Gasteiger partial charge in [-0.15, -0.1) is 0 Å². The first-order valence-electron chi connectivity index (χ1n) is 9.45. The van der Waals surface area contributed by atoms with E-state index in [1.807, 2.05) is 52.0 Å². The van der Waals surface area contributed by atoms with Crippen LogP contribution < -0.4 is 4.74 Å². The fourth-order valence-electron chi connectivity index (χ4n) is 2.74. The van der Waals surface area contributed by atoms with E-state index in [1.165, 1.54) is 10.8 Å². The Labute approximate surface area is 181 Å². The third-order valence-corrected chi connectivity index (χ3v) is 4.34. The van der Waals surface area contributed by atoms with Gasteiger partial charge < -0.3 is 9.47 Å². The molecule has 3 aromatic rings. The fraction of sp³-hybridized carbons (Fsp3) is 0.261. The number of ether oxygens (including phenoxy) is 2. The topological polar surface area (TPSA) is 66.2 Å². The molecular formula is C23H24ClN3O3. The summed E-state index contributed by atoms with van der Waals surface area (Å²) in [6, 6.07) is 11.4. The van der Waals surface area contributed by atoms with Crippen LogP contribution >= 0.6 is 11.6 Å². The summed E-state index contributed by atoms with van der Waals surface area (Å²) in [5.41, 5.74) is 3.49. The molecule has 0 saturated carbocycles. The van der Waals surface area contributed by atoms with E-state index in [-0.39, 0.29) is 17.8 Å². The zero-order chi connectivity index (χ0) is 21.9. The van der Waals surface area contributed by atoms with Crippen LogP contribution in [-0.2, 0) is 11.3 Å². The third-order valence-electron chi connectivity index (χ3n) is 4.16. The first kappa shape index (κ1) is 21.6. The molecule has 156 valence electrons. The van der Waals surface area contributed by atoms with Gasteiger partial charge in [0, 0.05) is 12.4 Å². The summed E-state index contributed by atoms with van der Waals surface area (Å²) in [6.45, 7) is 11.6. The lowest BCUT2D eigenvalue weighted by molar-refractivity contribution is 0.0540. The van der Waals surface area contributed by atoms with Gasteiger partial charge in [-0.25, -0.2) is 9.78 Å². The lowest BCUT2D eigenvalue weighted by atomic mass is 10.1. The van der Waals surface area contributed by atoms with Gasteiger partial charge in [-0.05, 0) is 62.6 Å². The maximum absolute atomic E-state index is 12.6. The van der Waals surface area contributed by atoms with Crippen LogP contribution in [0.4, 0.5) is 4.79 Å². The molecule has 0 spiro atoms. The number of benzene rings is 1. The minimum Gasteiger partial charge on any atom is -0.472 e. The van der Waals surface area contributed by atoms with Crippen molar-refractivity contribution >= 4 is 23.3 Å². The lowest BCUT2D eigenvalue weighted by Gasteiger charge is -2.20. The fourth-order valence-corrected chi connectivity index (χ4v) is 2.87. The molecule has 30 heavy (non-hydrogen) atoms. The average molecular weight is 426 g/mol. The van der Waals surface area contributed by atoms with Crippen molar-refractivity contribution in [2.75, 3.05) is 0 Å². The number of carbonyl (C=O) groups is 1. The van der Waals surface area contributed by atoms with Crippen LogP contribution in [0.15, 0.2) is 55.4 Å². The highest BCUT2D eigenvalue weighted by Crippen LogP contribution is 2.30. The molecule has 0 unspecified atom stereocenters. The summed E-state index contributed by atoms with van der Waals surface area (Å²) < 4.78 is 12.8. The Morgan fingerprint density at radius 3 is 2.53 bits per heavy atom. The van der Waals surface area contributed by atoms with Crippen molar-refractivity contribution in [2.45, 2.75) is 39.9 Å². The average Bonchev–Trinajstić information content (AvgIpc) is 3.15. The molecular weight excluding hydrogens is 402 g/mol. The quantitative estimate of drug-likeness (QED) is 0.469. The number of nitrogens with zero attached hydrogens (tertiary/aromatic N) is 3. The Hall–Kier alpha value is -3.12. The van der Waals surface area contributed by atoms with Gasteiger partial charge in [-0.2, -0.15) is 4.98 Å². The Balaban J connectivity index is 1.87. The van der Waals surface area contributed by atoms with Crippen LogP contribution in [-0.4, -0.2) is 26.2 Å². The first-order chi connectivity index (χ1) is 14.1. The first-order valence-corrected chi connectivity index (χ1v) is 9.83. The van der Waals surface area contributed by atoms with E-state index in [9.17, 15) is 4.79 Å². The van der Waals surface area contributed by atoms with Crippen LogP contribution in [0.3, 0.4) is 0 Å². The largest absolute Gasteiger partial charge is 0.472 e. The molecule has 2 heterocycles. The molecule has 0 bridgehead atoms. The van der Waals surface area contributed by atoms with E-state index in [2.05, 4.69) is 16.5 Å². The van der Waals surface area contributed by atoms with Gasteiger partial charge in [0.1, 0.15) is 12.2 Å². The summed E-state index contributed by atoms with van der Waals surface area (Å²) in [4.78, 5) is 20.9. The molecule has 0 N–H and O–H groups in total. The number of halogens is 1. The predicted molar refractivity (Wildman–Crippen MR) is 118 cm³/mol. The maximum Gasteiger partial charge on any atom is 0.418 e. The van der Waals surface area contributed by atoms with Crippen molar-refractivity contribution in [3.63, 3.8) is 0 Å². The molecule has 0 aliphatic rings. The molecule has 0 amide bonds. The van der Waals surface area contributed by atoms with Gasteiger partial charge in [-0.1, -0.05) is 36.4 Å². The molecule has 3 rings (SSSR count). The summed E-state index contributed by atoms with van der Waals surface area (Å²) in [6.07, 6.45) is 2.65. The second-order valence-corrected chi connectivity index (χ2v) is 8.21. The van der Waals surface area contributed by atoms with E-state index in [0.717, 1.165) is 16.7 Å². The number of rotatable bonds is 5. The molecule has 2 aromatic heterocycles. The van der Waals surface area contributed by atoms with Crippen molar-refractivity contribution in [3.8, 4) is 17.1 Å². The maximum atomic E-state index is 12.6. The summed E-state index contributed by atoms with van der Waals surface area (Å²) in [5.74, 6) is 0.280. The van der Waals surface area contributed by atoms with E-state index in [1.54, 1.807) is 18.3 Å². The SMILES string of the molecule is C=C(C)c1ccc(COc2nc(Cl)ncc2-c2cccn2C(=O)OC(C)(C)C)cc1. The van der Waals surface area contributed by atoms with Crippen LogP contribution in [0.25, 0.3) is 16.8 Å². The minimum atomic E-state index is -0.621. The zero-order valence-corrected chi connectivity index (χ0v) is 18.2. The number of allylic oxidation sites excluding steroid dienone is 1. The Kier molecular flexibility index (Phi) is 6.27. The second kappa shape index (κ2) is 8.71. The van der Waals surface area contributed by atoms with Crippen LogP contribution in [0, 0.1) is 0 Å².